The van der Waals surface area contributed by atoms with E-state index in [4.69, 9.17) is 9.47 Å². The van der Waals surface area contributed by atoms with Gasteiger partial charge in [-0.25, -0.2) is 0 Å². The Labute approximate surface area is 140 Å². The van der Waals surface area contributed by atoms with Crippen molar-refractivity contribution in [2.45, 2.75) is 6.92 Å². The van der Waals surface area contributed by atoms with Crippen LogP contribution in [0.2, 0.25) is 0 Å². The van der Waals surface area contributed by atoms with Gasteiger partial charge < -0.3 is 19.4 Å². The maximum atomic E-state index is 12.8. The first-order valence-electron chi connectivity index (χ1n) is 7.64. The predicted octanol–water partition coefficient (Wildman–Crippen LogP) is 3.76. The van der Waals surface area contributed by atoms with E-state index >= 15 is 0 Å². The molecule has 0 aliphatic rings. The van der Waals surface area contributed by atoms with Gasteiger partial charge in [0.15, 0.2) is 0 Å². The topological polar surface area (TPSA) is 52.5 Å². The number of ether oxygens (including phenoxy) is 2. The van der Waals surface area contributed by atoms with Gasteiger partial charge in [-0.1, -0.05) is 18.2 Å². The Kier molecular flexibility index (Phi) is 4.16. The number of methoxy groups -OCH3 is 2. The number of amides is 1. The summed E-state index contributed by atoms with van der Waals surface area (Å²) < 4.78 is 12.4. The maximum Gasteiger partial charge on any atom is 0.272 e. The molecular weight excluding hydrogens is 304 g/mol. The van der Waals surface area contributed by atoms with E-state index in [0.717, 1.165) is 16.5 Å². The lowest BCUT2D eigenvalue weighted by molar-refractivity contribution is 0.101. The first kappa shape index (κ1) is 15.9. The second kappa shape index (κ2) is 6.28. The SMILES string of the molecule is COc1ccc(NC(=O)c2c(C)c3ccccc3n2C)c(OC)c1. The number of nitrogens with one attached hydrogen (secondary N) is 1. The van der Waals surface area contributed by atoms with Crippen LogP contribution in [0.1, 0.15) is 16.1 Å². The van der Waals surface area contributed by atoms with Crippen molar-refractivity contribution in [1.29, 1.82) is 0 Å². The van der Waals surface area contributed by atoms with E-state index in [1.54, 1.807) is 32.4 Å². The monoisotopic (exact) mass is 324 g/mol. The van der Waals surface area contributed by atoms with Gasteiger partial charge in [0.2, 0.25) is 0 Å². The third-order valence-corrected chi connectivity index (χ3v) is 4.23. The van der Waals surface area contributed by atoms with Gasteiger partial charge in [0, 0.05) is 24.0 Å². The molecule has 0 radical (unpaired) electrons. The zero-order valence-corrected chi connectivity index (χ0v) is 14.2. The van der Waals surface area contributed by atoms with Crippen molar-refractivity contribution < 1.29 is 14.3 Å². The van der Waals surface area contributed by atoms with E-state index in [1.807, 2.05) is 42.8 Å². The largest absolute Gasteiger partial charge is 0.497 e. The molecule has 0 spiro atoms. The van der Waals surface area contributed by atoms with E-state index < -0.39 is 0 Å². The molecule has 1 amide bonds. The van der Waals surface area contributed by atoms with Gasteiger partial charge in [-0.15, -0.1) is 0 Å². The third-order valence-electron chi connectivity index (χ3n) is 4.23. The van der Waals surface area contributed by atoms with Crippen LogP contribution in [0, 0.1) is 6.92 Å². The lowest BCUT2D eigenvalue weighted by atomic mass is 10.1. The van der Waals surface area contributed by atoms with E-state index in [0.29, 0.717) is 22.9 Å². The summed E-state index contributed by atoms with van der Waals surface area (Å²) in [7, 11) is 5.05. The molecule has 0 saturated heterocycles. The second-order valence-electron chi connectivity index (χ2n) is 5.57. The van der Waals surface area contributed by atoms with Gasteiger partial charge in [-0.3, -0.25) is 4.79 Å². The van der Waals surface area contributed by atoms with Gasteiger partial charge in [0.05, 0.1) is 19.9 Å². The van der Waals surface area contributed by atoms with Crippen molar-refractivity contribution in [2.24, 2.45) is 7.05 Å². The summed E-state index contributed by atoms with van der Waals surface area (Å²) in [4.78, 5) is 12.8. The molecule has 3 rings (SSSR count). The van der Waals surface area contributed by atoms with Crippen LogP contribution in [0.4, 0.5) is 5.69 Å². The van der Waals surface area contributed by atoms with Crippen LogP contribution in [-0.4, -0.2) is 24.7 Å². The molecule has 1 N–H and O–H groups in total. The average Bonchev–Trinajstić information content (AvgIpc) is 2.86. The summed E-state index contributed by atoms with van der Waals surface area (Å²) in [6, 6.07) is 13.3. The Morgan fingerprint density at radius 3 is 2.50 bits per heavy atom. The fourth-order valence-electron chi connectivity index (χ4n) is 2.99. The molecule has 0 aliphatic heterocycles. The highest BCUT2D eigenvalue weighted by Crippen LogP contribution is 2.30. The molecule has 3 aromatic rings. The van der Waals surface area contributed by atoms with Crippen molar-refractivity contribution in [3.63, 3.8) is 0 Å². The normalized spacial score (nSPS) is 10.7. The first-order valence-corrected chi connectivity index (χ1v) is 7.64. The van der Waals surface area contributed by atoms with E-state index in [1.165, 1.54) is 0 Å². The highest BCUT2D eigenvalue weighted by Gasteiger charge is 2.19. The molecule has 124 valence electrons. The number of hydrogen-bond acceptors (Lipinski definition) is 3. The smallest absolute Gasteiger partial charge is 0.272 e. The molecule has 0 aliphatic carbocycles. The summed E-state index contributed by atoms with van der Waals surface area (Å²) in [6.45, 7) is 1.96. The minimum absolute atomic E-state index is 0.172. The first-order chi connectivity index (χ1) is 11.6. The summed E-state index contributed by atoms with van der Waals surface area (Å²) in [5.74, 6) is 1.06. The Bertz CT molecular complexity index is 873. The van der Waals surface area contributed by atoms with E-state index in [9.17, 15) is 4.79 Å². The number of fused-ring (bicyclic) bond motifs is 1. The molecule has 24 heavy (non-hydrogen) atoms. The number of carbonyl (C=O) groups excluding carboxylic acids is 1. The Morgan fingerprint density at radius 1 is 1.08 bits per heavy atom. The van der Waals surface area contributed by atoms with Gasteiger partial charge in [0.25, 0.3) is 5.91 Å². The Morgan fingerprint density at radius 2 is 1.83 bits per heavy atom. The van der Waals surface area contributed by atoms with Crippen molar-refractivity contribution in [3.05, 3.63) is 53.7 Å². The minimum Gasteiger partial charge on any atom is -0.497 e. The van der Waals surface area contributed by atoms with Crippen LogP contribution < -0.4 is 14.8 Å². The van der Waals surface area contributed by atoms with Crippen LogP contribution >= 0.6 is 0 Å². The molecule has 1 heterocycles. The van der Waals surface area contributed by atoms with Crippen LogP contribution in [0.3, 0.4) is 0 Å². The zero-order chi connectivity index (χ0) is 17.3. The predicted molar refractivity (Wildman–Crippen MR) is 95.2 cm³/mol. The van der Waals surface area contributed by atoms with Gasteiger partial charge in [0.1, 0.15) is 17.2 Å². The van der Waals surface area contributed by atoms with Crippen LogP contribution in [-0.2, 0) is 7.05 Å². The Hall–Kier alpha value is -2.95. The van der Waals surface area contributed by atoms with Gasteiger partial charge in [-0.2, -0.15) is 0 Å². The summed E-state index contributed by atoms with van der Waals surface area (Å²) in [6.07, 6.45) is 0. The Balaban J connectivity index is 1.99. The van der Waals surface area contributed by atoms with Gasteiger partial charge in [-0.05, 0) is 30.7 Å². The van der Waals surface area contributed by atoms with Gasteiger partial charge >= 0.3 is 0 Å². The molecule has 5 nitrogen and oxygen atoms in total. The standard InChI is InChI=1S/C19H20N2O3/c1-12-14-7-5-6-8-16(14)21(2)18(12)19(22)20-15-10-9-13(23-3)11-17(15)24-4/h5-11H,1-4H3,(H,20,22). The number of hydrogen-bond donors (Lipinski definition) is 1. The number of para-hydroxylation sites is 1. The molecule has 0 bridgehead atoms. The molecule has 2 aromatic carbocycles. The number of carbonyl (C=O) groups is 1. The summed E-state index contributed by atoms with van der Waals surface area (Å²) in [5.41, 5.74) is 3.22. The van der Waals surface area contributed by atoms with Crippen LogP contribution in [0.5, 0.6) is 11.5 Å². The molecule has 0 atom stereocenters. The number of nitrogens with zero attached hydrogens (tertiary/aromatic N) is 1. The molecule has 0 unspecified atom stereocenters. The summed E-state index contributed by atoms with van der Waals surface area (Å²) >= 11 is 0. The number of benzene rings is 2. The quantitative estimate of drug-likeness (QED) is 0.795. The van der Waals surface area contributed by atoms with Crippen molar-refractivity contribution in [2.75, 3.05) is 19.5 Å². The van der Waals surface area contributed by atoms with Crippen molar-refractivity contribution >= 4 is 22.5 Å². The highest BCUT2D eigenvalue weighted by molar-refractivity contribution is 6.08. The molecular formula is C19H20N2O3. The number of anilines is 1. The lowest BCUT2D eigenvalue weighted by Gasteiger charge is -2.12. The third kappa shape index (κ3) is 2.58. The zero-order valence-electron chi connectivity index (χ0n) is 14.2. The maximum absolute atomic E-state index is 12.8. The van der Waals surface area contributed by atoms with E-state index in [-0.39, 0.29) is 5.91 Å². The highest BCUT2D eigenvalue weighted by atomic mass is 16.5. The van der Waals surface area contributed by atoms with Crippen LogP contribution in [0.15, 0.2) is 42.5 Å². The fraction of sp³-hybridized carbons (Fsp3) is 0.211. The minimum atomic E-state index is -0.172. The average molecular weight is 324 g/mol. The van der Waals surface area contributed by atoms with Crippen LogP contribution in [0.25, 0.3) is 10.9 Å². The second-order valence-corrected chi connectivity index (χ2v) is 5.57. The number of rotatable bonds is 4. The molecule has 1 aromatic heterocycles. The lowest BCUT2D eigenvalue weighted by Crippen LogP contribution is -2.17. The number of aryl methyl sites for hydroxylation is 2. The van der Waals surface area contributed by atoms with Crippen molar-refractivity contribution in [3.8, 4) is 11.5 Å². The number of aromatic nitrogens is 1. The van der Waals surface area contributed by atoms with Crippen molar-refractivity contribution in [1.82, 2.24) is 4.57 Å². The van der Waals surface area contributed by atoms with E-state index in [2.05, 4.69) is 5.32 Å². The molecule has 0 fully saturated rings. The summed E-state index contributed by atoms with van der Waals surface area (Å²) in [5, 5.41) is 4.01. The molecule has 0 saturated carbocycles. The fourth-order valence-corrected chi connectivity index (χ4v) is 2.99. The molecule has 5 heteroatoms.